The fourth-order valence-corrected chi connectivity index (χ4v) is 2.87. The molecule has 0 atom stereocenters. The van der Waals surface area contributed by atoms with Crippen molar-refractivity contribution in [3.8, 4) is 5.75 Å². The fourth-order valence-electron chi connectivity index (χ4n) is 2.74. The number of benzene rings is 3. The summed E-state index contributed by atoms with van der Waals surface area (Å²) < 4.78 is 43.9. The van der Waals surface area contributed by atoms with Gasteiger partial charge in [-0.3, -0.25) is 9.59 Å². The topological polar surface area (TPSA) is 79.8 Å². The van der Waals surface area contributed by atoms with Gasteiger partial charge in [0.15, 0.2) is 0 Å². The SMILES string of the molecule is O=C(CC(=O)Nc1cccc(C(F)(F)F)c1)NN=Cc1ccc(OCc2ccc(Cl)cc2)cc1. The van der Waals surface area contributed by atoms with Crippen molar-refractivity contribution in [2.24, 2.45) is 5.10 Å². The van der Waals surface area contributed by atoms with Gasteiger partial charge in [-0.1, -0.05) is 29.8 Å². The molecule has 0 unspecified atom stereocenters. The van der Waals surface area contributed by atoms with E-state index in [1.165, 1.54) is 12.3 Å². The molecule has 6 nitrogen and oxygen atoms in total. The minimum atomic E-state index is -4.53. The fraction of sp³-hybridized carbons (Fsp3) is 0.125. The molecule has 34 heavy (non-hydrogen) atoms. The monoisotopic (exact) mass is 489 g/mol. The van der Waals surface area contributed by atoms with E-state index in [1.54, 1.807) is 36.4 Å². The van der Waals surface area contributed by atoms with E-state index in [-0.39, 0.29) is 5.69 Å². The number of halogens is 4. The summed E-state index contributed by atoms with van der Waals surface area (Å²) in [5.41, 5.74) is 2.88. The van der Waals surface area contributed by atoms with Crippen LogP contribution in [0, 0.1) is 0 Å². The van der Waals surface area contributed by atoms with Crippen LogP contribution in [0.25, 0.3) is 0 Å². The molecule has 0 radical (unpaired) electrons. The predicted molar refractivity (Wildman–Crippen MR) is 123 cm³/mol. The molecule has 176 valence electrons. The Kier molecular flexibility index (Phi) is 8.26. The van der Waals surface area contributed by atoms with Gasteiger partial charge in [-0.05, 0) is 65.7 Å². The molecule has 0 heterocycles. The van der Waals surface area contributed by atoms with Gasteiger partial charge in [-0.15, -0.1) is 0 Å². The standard InChI is InChI=1S/C24H19ClF3N3O3/c25-19-8-4-17(5-9-19)15-34-21-10-6-16(7-11-21)14-29-31-23(33)13-22(32)30-20-3-1-2-18(12-20)24(26,27)28/h1-12,14H,13,15H2,(H,30,32)(H,31,33). The highest BCUT2D eigenvalue weighted by molar-refractivity contribution is 6.30. The lowest BCUT2D eigenvalue weighted by atomic mass is 10.2. The van der Waals surface area contributed by atoms with Crippen LogP contribution < -0.4 is 15.5 Å². The summed E-state index contributed by atoms with van der Waals surface area (Å²) in [5, 5.41) is 6.68. The molecule has 3 rings (SSSR count). The van der Waals surface area contributed by atoms with Crippen molar-refractivity contribution in [3.05, 3.63) is 94.5 Å². The highest BCUT2D eigenvalue weighted by atomic mass is 35.5. The second-order valence-corrected chi connectivity index (χ2v) is 7.52. The number of nitrogens with one attached hydrogen (secondary N) is 2. The maximum atomic E-state index is 12.7. The average molecular weight is 490 g/mol. The third-order valence-corrected chi connectivity index (χ3v) is 4.65. The van der Waals surface area contributed by atoms with Crippen molar-refractivity contribution >= 4 is 35.3 Å². The lowest BCUT2D eigenvalue weighted by Crippen LogP contribution is -2.24. The molecule has 0 aromatic heterocycles. The Bertz CT molecular complexity index is 1160. The molecular formula is C24H19ClF3N3O3. The number of alkyl halides is 3. The number of ether oxygens (including phenoxy) is 1. The van der Waals surface area contributed by atoms with Gasteiger partial charge in [0, 0.05) is 10.7 Å². The van der Waals surface area contributed by atoms with E-state index in [4.69, 9.17) is 16.3 Å². The number of anilines is 1. The first-order valence-electron chi connectivity index (χ1n) is 9.95. The molecule has 2 N–H and O–H groups in total. The van der Waals surface area contributed by atoms with Crippen molar-refractivity contribution in [1.82, 2.24) is 5.43 Å². The van der Waals surface area contributed by atoms with Crippen LogP contribution in [0.15, 0.2) is 77.9 Å². The summed E-state index contributed by atoms with van der Waals surface area (Å²) in [5.74, 6) is -0.847. The number of amides is 2. The van der Waals surface area contributed by atoms with Crippen LogP contribution >= 0.6 is 11.6 Å². The Morgan fingerprint density at radius 3 is 2.35 bits per heavy atom. The summed E-state index contributed by atoms with van der Waals surface area (Å²) in [7, 11) is 0. The summed E-state index contributed by atoms with van der Waals surface area (Å²) in [6.45, 7) is 0.378. The lowest BCUT2D eigenvalue weighted by molar-refractivity contribution is -0.137. The normalized spacial score (nSPS) is 11.3. The van der Waals surface area contributed by atoms with E-state index in [1.807, 2.05) is 12.1 Å². The number of hydrogen-bond donors (Lipinski definition) is 2. The predicted octanol–water partition coefficient (Wildman–Crippen LogP) is 5.42. The summed E-state index contributed by atoms with van der Waals surface area (Å²) >= 11 is 5.85. The van der Waals surface area contributed by atoms with Crippen LogP contribution in [-0.2, 0) is 22.4 Å². The van der Waals surface area contributed by atoms with Crippen LogP contribution in [0.5, 0.6) is 5.75 Å². The third-order valence-electron chi connectivity index (χ3n) is 4.40. The Hall–Kier alpha value is -3.85. The van der Waals surface area contributed by atoms with Crippen molar-refractivity contribution in [1.29, 1.82) is 0 Å². The van der Waals surface area contributed by atoms with E-state index in [0.717, 1.165) is 23.8 Å². The van der Waals surface area contributed by atoms with Crippen LogP contribution in [0.3, 0.4) is 0 Å². The van der Waals surface area contributed by atoms with E-state index in [2.05, 4.69) is 15.8 Å². The molecule has 0 bridgehead atoms. The van der Waals surface area contributed by atoms with Gasteiger partial charge in [0.05, 0.1) is 11.8 Å². The van der Waals surface area contributed by atoms with Gasteiger partial charge in [0.2, 0.25) is 11.8 Å². The van der Waals surface area contributed by atoms with Crippen LogP contribution in [0.4, 0.5) is 18.9 Å². The highest BCUT2D eigenvalue weighted by Crippen LogP contribution is 2.30. The second kappa shape index (κ2) is 11.3. The van der Waals surface area contributed by atoms with E-state index < -0.39 is 30.0 Å². The molecule has 0 aliphatic rings. The largest absolute Gasteiger partial charge is 0.489 e. The van der Waals surface area contributed by atoms with Crippen LogP contribution in [-0.4, -0.2) is 18.0 Å². The van der Waals surface area contributed by atoms with Crippen LogP contribution in [0.2, 0.25) is 5.02 Å². The van der Waals surface area contributed by atoms with E-state index in [0.29, 0.717) is 22.9 Å². The number of nitrogens with zero attached hydrogens (tertiary/aromatic N) is 1. The molecule has 0 aliphatic heterocycles. The quantitative estimate of drug-likeness (QED) is 0.252. The Morgan fingerprint density at radius 2 is 1.68 bits per heavy atom. The van der Waals surface area contributed by atoms with Crippen LogP contribution in [0.1, 0.15) is 23.1 Å². The lowest BCUT2D eigenvalue weighted by Gasteiger charge is -2.09. The summed E-state index contributed by atoms with van der Waals surface area (Å²) in [4.78, 5) is 23.8. The maximum Gasteiger partial charge on any atom is 0.416 e. The van der Waals surface area contributed by atoms with Gasteiger partial charge < -0.3 is 10.1 Å². The molecular weight excluding hydrogens is 471 g/mol. The number of hydrogen-bond acceptors (Lipinski definition) is 4. The van der Waals surface area contributed by atoms with Crippen molar-refractivity contribution in [2.75, 3.05) is 5.32 Å². The zero-order valence-electron chi connectivity index (χ0n) is 17.6. The molecule has 0 saturated carbocycles. The molecule has 3 aromatic carbocycles. The zero-order chi connectivity index (χ0) is 24.6. The molecule has 2 amide bonds. The Balaban J connectivity index is 1.43. The van der Waals surface area contributed by atoms with Gasteiger partial charge in [0.25, 0.3) is 0 Å². The van der Waals surface area contributed by atoms with Crippen molar-refractivity contribution in [3.63, 3.8) is 0 Å². The molecule has 10 heteroatoms. The molecule has 0 aliphatic carbocycles. The minimum absolute atomic E-state index is 0.0607. The molecule has 3 aromatic rings. The van der Waals surface area contributed by atoms with Gasteiger partial charge in [0.1, 0.15) is 18.8 Å². The van der Waals surface area contributed by atoms with Gasteiger partial charge >= 0.3 is 6.18 Å². The minimum Gasteiger partial charge on any atom is -0.489 e. The number of hydrazone groups is 1. The molecule has 0 saturated heterocycles. The second-order valence-electron chi connectivity index (χ2n) is 7.08. The molecule has 0 spiro atoms. The smallest absolute Gasteiger partial charge is 0.416 e. The number of rotatable bonds is 8. The summed E-state index contributed by atoms with van der Waals surface area (Å²) in [6.07, 6.45) is -3.76. The van der Waals surface area contributed by atoms with Gasteiger partial charge in [-0.2, -0.15) is 18.3 Å². The maximum absolute atomic E-state index is 12.7. The third kappa shape index (κ3) is 7.93. The highest BCUT2D eigenvalue weighted by Gasteiger charge is 2.30. The first-order valence-corrected chi connectivity index (χ1v) is 10.3. The van der Waals surface area contributed by atoms with Crippen molar-refractivity contribution < 1.29 is 27.5 Å². The Labute approximate surface area is 198 Å². The van der Waals surface area contributed by atoms with Crippen molar-refractivity contribution in [2.45, 2.75) is 19.2 Å². The molecule has 0 fully saturated rings. The Morgan fingerprint density at radius 1 is 0.971 bits per heavy atom. The summed E-state index contributed by atoms with van der Waals surface area (Å²) in [6, 6.07) is 18.4. The van der Waals surface area contributed by atoms with E-state index >= 15 is 0 Å². The number of carbonyl (C=O) groups excluding carboxylic acids is 2. The number of carbonyl (C=O) groups is 2. The first kappa shape index (κ1) is 24.8. The van der Waals surface area contributed by atoms with E-state index in [9.17, 15) is 22.8 Å². The first-order chi connectivity index (χ1) is 16.2. The average Bonchev–Trinajstić information content (AvgIpc) is 2.79. The zero-order valence-corrected chi connectivity index (χ0v) is 18.4. The van der Waals surface area contributed by atoms with Gasteiger partial charge in [-0.25, -0.2) is 5.43 Å².